The van der Waals surface area contributed by atoms with E-state index in [9.17, 15) is 19.7 Å². The van der Waals surface area contributed by atoms with Crippen LogP contribution in [-0.4, -0.2) is 32.9 Å². The summed E-state index contributed by atoms with van der Waals surface area (Å²) in [5, 5.41) is 13.4. The number of nitro benzene ring substituents is 1. The van der Waals surface area contributed by atoms with Gasteiger partial charge in [-0.15, -0.1) is 0 Å². The molecule has 27 heavy (non-hydrogen) atoms. The van der Waals surface area contributed by atoms with Gasteiger partial charge in [0.15, 0.2) is 6.10 Å². The molecule has 0 saturated carbocycles. The zero-order chi connectivity index (χ0) is 19.4. The minimum absolute atomic E-state index is 0.0244. The molecular weight excluding hydrogens is 352 g/mol. The van der Waals surface area contributed by atoms with Crippen molar-refractivity contribution in [3.8, 4) is 0 Å². The van der Waals surface area contributed by atoms with Gasteiger partial charge in [0, 0.05) is 18.5 Å². The summed E-state index contributed by atoms with van der Waals surface area (Å²) in [5.41, 5.74) is 1.13. The van der Waals surface area contributed by atoms with Crippen LogP contribution < -0.4 is 5.32 Å². The lowest BCUT2D eigenvalue weighted by molar-refractivity contribution is -0.383. The van der Waals surface area contributed by atoms with Crippen LogP contribution >= 0.6 is 0 Å². The third-order valence-electron chi connectivity index (χ3n) is 3.72. The monoisotopic (exact) mass is 366 g/mol. The second-order valence-corrected chi connectivity index (χ2v) is 5.57. The Morgan fingerprint density at radius 3 is 2.56 bits per heavy atom. The van der Waals surface area contributed by atoms with Crippen molar-refractivity contribution in [2.45, 2.75) is 13.0 Å². The highest BCUT2D eigenvalue weighted by atomic mass is 16.6. The number of nitrogens with zero attached hydrogens (tertiary/aromatic N) is 3. The van der Waals surface area contributed by atoms with Crippen LogP contribution in [0.3, 0.4) is 0 Å². The van der Waals surface area contributed by atoms with Crippen LogP contribution in [0, 0.1) is 10.1 Å². The minimum atomic E-state index is -1.16. The Kier molecular flexibility index (Phi) is 5.02. The lowest BCUT2D eigenvalue weighted by Crippen LogP contribution is -2.30. The van der Waals surface area contributed by atoms with Crippen LogP contribution in [0.1, 0.15) is 17.3 Å². The summed E-state index contributed by atoms with van der Waals surface area (Å²) in [6, 6.07) is 10.4. The van der Waals surface area contributed by atoms with Gasteiger partial charge in [0.2, 0.25) is 0 Å². The molecule has 1 amide bonds. The van der Waals surface area contributed by atoms with E-state index >= 15 is 0 Å². The normalized spacial score (nSPS) is 11.6. The number of fused-ring (bicyclic) bond motifs is 1. The first kappa shape index (κ1) is 17.9. The molecule has 0 fully saturated rings. The Balaban J connectivity index is 1.70. The van der Waals surface area contributed by atoms with Crippen LogP contribution in [-0.2, 0) is 9.53 Å². The molecule has 0 unspecified atom stereocenters. The number of carbonyl (C=O) groups excluding carboxylic acids is 2. The van der Waals surface area contributed by atoms with Gasteiger partial charge in [0.25, 0.3) is 11.6 Å². The van der Waals surface area contributed by atoms with E-state index in [2.05, 4.69) is 15.3 Å². The average Bonchev–Trinajstić information content (AvgIpc) is 2.67. The van der Waals surface area contributed by atoms with Gasteiger partial charge >= 0.3 is 5.97 Å². The van der Waals surface area contributed by atoms with Crippen molar-refractivity contribution in [2.75, 3.05) is 5.32 Å². The first-order chi connectivity index (χ1) is 13.0. The molecule has 1 heterocycles. The number of nitro groups is 1. The molecule has 0 aliphatic carbocycles. The van der Waals surface area contributed by atoms with Crippen LogP contribution in [0.4, 0.5) is 11.4 Å². The molecule has 0 aliphatic heterocycles. The van der Waals surface area contributed by atoms with Gasteiger partial charge in [0.1, 0.15) is 5.69 Å². The van der Waals surface area contributed by atoms with E-state index in [0.29, 0.717) is 11.0 Å². The van der Waals surface area contributed by atoms with Gasteiger partial charge in [-0.3, -0.25) is 24.9 Å². The Morgan fingerprint density at radius 1 is 1.11 bits per heavy atom. The molecule has 1 atom stereocenters. The van der Waals surface area contributed by atoms with Crippen LogP contribution in [0.25, 0.3) is 11.0 Å². The fraction of sp³-hybridized carbons (Fsp3) is 0.111. The highest BCUT2D eigenvalue weighted by Crippen LogP contribution is 2.23. The van der Waals surface area contributed by atoms with Crippen molar-refractivity contribution in [3.05, 3.63) is 70.5 Å². The molecule has 9 heteroatoms. The van der Waals surface area contributed by atoms with Crippen molar-refractivity contribution < 1.29 is 19.2 Å². The SMILES string of the molecule is C[C@H](OC(=O)c1ccc2nccnc2c1)C(=O)Nc1ccccc1[N+](=O)[O-]. The van der Waals surface area contributed by atoms with Crippen molar-refractivity contribution in [3.63, 3.8) is 0 Å². The average molecular weight is 366 g/mol. The maximum atomic E-state index is 12.3. The molecule has 1 N–H and O–H groups in total. The second kappa shape index (κ2) is 7.56. The first-order valence-electron chi connectivity index (χ1n) is 7.92. The number of anilines is 1. The molecule has 9 nitrogen and oxygen atoms in total. The molecular formula is C18H14N4O5. The predicted molar refractivity (Wildman–Crippen MR) is 96.1 cm³/mol. The van der Waals surface area contributed by atoms with Crippen LogP contribution in [0.5, 0.6) is 0 Å². The van der Waals surface area contributed by atoms with Crippen molar-refractivity contribution in [2.24, 2.45) is 0 Å². The number of aromatic nitrogens is 2. The highest BCUT2D eigenvalue weighted by molar-refractivity contribution is 5.99. The van der Waals surface area contributed by atoms with Gasteiger partial charge in [-0.2, -0.15) is 0 Å². The fourth-order valence-electron chi connectivity index (χ4n) is 2.35. The van der Waals surface area contributed by atoms with Gasteiger partial charge in [0.05, 0.1) is 21.5 Å². The molecule has 3 aromatic rings. The summed E-state index contributed by atoms with van der Waals surface area (Å²) in [6.45, 7) is 1.38. The lowest BCUT2D eigenvalue weighted by Gasteiger charge is -2.13. The Bertz CT molecular complexity index is 1040. The largest absolute Gasteiger partial charge is 0.449 e. The van der Waals surface area contributed by atoms with Gasteiger partial charge in [-0.05, 0) is 31.2 Å². The van der Waals surface area contributed by atoms with Crippen molar-refractivity contribution in [1.82, 2.24) is 9.97 Å². The van der Waals surface area contributed by atoms with Gasteiger partial charge < -0.3 is 10.1 Å². The molecule has 0 aliphatic rings. The number of rotatable bonds is 5. The fourth-order valence-corrected chi connectivity index (χ4v) is 2.35. The molecule has 0 bridgehead atoms. The molecule has 136 valence electrons. The topological polar surface area (TPSA) is 124 Å². The lowest BCUT2D eigenvalue weighted by atomic mass is 10.2. The van der Waals surface area contributed by atoms with E-state index in [1.165, 1.54) is 49.6 Å². The number of ether oxygens (including phenoxy) is 1. The zero-order valence-electron chi connectivity index (χ0n) is 14.2. The van der Waals surface area contributed by atoms with Crippen LogP contribution in [0.15, 0.2) is 54.9 Å². The number of carbonyl (C=O) groups is 2. The smallest absolute Gasteiger partial charge is 0.338 e. The van der Waals surface area contributed by atoms with E-state index in [1.807, 2.05) is 0 Å². The molecule has 3 rings (SSSR count). The molecule has 0 saturated heterocycles. The van der Waals surface area contributed by atoms with Crippen LogP contribution in [0.2, 0.25) is 0 Å². The Morgan fingerprint density at radius 2 is 1.81 bits per heavy atom. The quantitative estimate of drug-likeness (QED) is 0.418. The van der Waals surface area contributed by atoms with Crippen molar-refractivity contribution in [1.29, 1.82) is 0 Å². The molecule has 1 aromatic heterocycles. The number of benzene rings is 2. The number of nitrogens with one attached hydrogen (secondary N) is 1. The number of para-hydroxylation sites is 2. The van der Waals surface area contributed by atoms with E-state index < -0.39 is 22.9 Å². The number of hydrogen-bond donors (Lipinski definition) is 1. The predicted octanol–water partition coefficient (Wildman–Crippen LogP) is 2.72. The van der Waals surface area contributed by atoms with Crippen molar-refractivity contribution >= 4 is 34.3 Å². The number of esters is 1. The van der Waals surface area contributed by atoms with E-state index in [4.69, 9.17) is 4.74 Å². The summed E-state index contributed by atoms with van der Waals surface area (Å²) < 4.78 is 5.15. The molecule has 0 radical (unpaired) electrons. The van der Waals surface area contributed by atoms with E-state index in [0.717, 1.165) is 0 Å². The van der Waals surface area contributed by atoms with E-state index in [-0.39, 0.29) is 16.9 Å². The third-order valence-corrected chi connectivity index (χ3v) is 3.72. The summed E-state index contributed by atoms with van der Waals surface area (Å²) in [5.74, 6) is -1.40. The maximum Gasteiger partial charge on any atom is 0.338 e. The first-order valence-corrected chi connectivity index (χ1v) is 7.92. The Labute approximate surface area is 153 Å². The van der Waals surface area contributed by atoms with E-state index in [1.54, 1.807) is 12.1 Å². The maximum absolute atomic E-state index is 12.3. The number of amides is 1. The zero-order valence-corrected chi connectivity index (χ0v) is 14.2. The minimum Gasteiger partial charge on any atom is -0.449 e. The standard InChI is InChI=1S/C18H14N4O5/c1-11(17(23)21-14-4-2-3-5-16(14)22(25)26)27-18(24)12-6-7-13-15(10-12)20-9-8-19-13/h2-11H,1H3,(H,21,23)/t11-/m0/s1. The summed E-state index contributed by atoms with van der Waals surface area (Å²) in [7, 11) is 0. The second-order valence-electron chi connectivity index (χ2n) is 5.57. The van der Waals surface area contributed by atoms with Gasteiger partial charge in [-0.1, -0.05) is 12.1 Å². The summed E-state index contributed by atoms with van der Waals surface area (Å²) in [6.07, 6.45) is 1.88. The summed E-state index contributed by atoms with van der Waals surface area (Å²) >= 11 is 0. The van der Waals surface area contributed by atoms with Gasteiger partial charge in [-0.25, -0.2) is 4.79 Å². The summed E-state index contributed by atoms with van der Waals surface area (Å²) in [4.78, 5) is 43.1. The number of hydrogen-bond acceptors (Lipinski definition) is 7. The molecule has 0 spiro atoms. The highest BCUT2D eigenvalue weighted by Gasteiger charge is 2.22. The molecule has 2 aromatic carbocycles. The Hall–Kier alpha value is -3.88. The third kappa shape index (κ3) is 4.03.